The zero-order valence-corrected chi connectivity index (χ0v) is 5.62. The van der Waals surface area contributed by atoms with E-state index in [-0.39, 0.29) is 4.34 Å². The largest absolute Gasteiger partial charge is 0.767 e. The van der Waals surface area contributed by atoms with Crippen molar-refractivity contribution in [2.24, 2.45) is 0 Å². The number of aromatic amines is 1. The smallest absolute Gasteiger partial charge is 0.323 e. The molecule has 5 nitrogen and oxygen atoms in total. The molecule has 0 amide bonds. The van der Waals surface area contributed by atoms with E-state index in [0.29, 0.717) is 11.3 Å². The lowest BCUT2D eigenvalue weighted by Crippen LogP contribution is -1.90. The van der Waals surface area contributed by atoms with Crippen LogP contribution in [0.2, 0.25) is 0 Å². The van der Waals surface area contributed by atoms with Gasteiger partial charge in [-0.1, -0.05) is 0 Å². The van der Waals surface area contributed by atoms with E-state index in [1.807, 2.05) is 5.10 Å². The summed E-state index contributed by atoms with van der Waals surface area (Å²) in [6.07, 6.45) is 0. The molecule has 0 radical (unpaired) electrons. The molecule has 0 aliphatic heterocycles. The SMILES string of the molecule is O=c1[nH]nc(S(=O)[O-])s1. The van der Waals surface area contributed by atoms with E-state index >= 15 is 0 Å². The van der Waals surface area contributed by atoms with Crippen LogP contribution < -0.4 is 4.87 Å². The first kappa shape index (κ1) is 6.59. The molecule has 1 aromatic rings. The van der Waals surface area contributed by atoms with Crippen LogP contribution in [0.1, 0.15) is 0 Å². The Morgan fingerprint density at radius 2 is 2.44 bits per heavy atom. The van der Waals surface area contributed by atoms with E-state index in [1.165, 1.54) is 0 Å². The second-order valence-electron chi connectivity index (χ2n) is 1.11. The van der Waals surface area contributed by atoms with Gasteiger partial charge in [0.15, 0.2) is 4.34 Å². The van der Waals surface area contributed by atoms with Crippen LogP contribution in [0.5, 0.6) is 0 Å². The normalized spacial score (nSPS) is 13.4. The molecule has 1 heterocycles. The number of aromatic nitrogens is 2. The molecule has 50 valence electrons. The Balaban J connectivity index is 3.12. The zero-order valence-electron chi connectivity index (χ0n) is 3.99. The minimum Gasteiger partial charge on any atom is -0.767 e. The second kappa shape index (κ2) is 2.38. The summed E-state index contributed by atoms with van der Waals surface area (Å²) in [7, 11) is 0. The molecule has 0 saturated heterocycles. The highest BCUT2D eigenvalue weighted by Gasteiger charge is 1.96. The van der Waals surface area contributed by atoms with Crippen molar-refractivity contribution < 1.29 is 8.76 Å². The Hall–Kier alpha value is -0.530. The summed E-state index contributed by atoms with van der Waals surface area (Å²) >= 11 is -1.82. The number of hydrogen-bond donors (Lipinski definition) is 1. The van der Waals surface area contributed by atoms with Crippen molar-refractivity contribution in [3.8, 4) is 0 Å². The summed E-state index contributed by atoms with van der Waals surface area (Å²) in [5, 5.41) is 5.15. The molecular weight excluding hydrogens is 164 g/mol. The van der Waals surface area contributed by atoms with E-state index in [0.717, 1.165) is 0 Å². The van der Waals surface area contributed by atoms with Gasteiger partial charge in [0.2, 0.25) is 0 Å². The van der Waals surface area contributed by atoms with Crippen LogP contribution in [0.3, 0.4) is 0 Å². The first-order valence-corrected chi connectivity index (χ1v) is 3.74. The third-order valence-electron chi connectivity index (χ3n) is 0.561. The van der Waals surface area contributed by atoms with Crippen LogP contribution in [-0.4, -0.2) is 19.0 Å². The van der Waals surface area contributed by atoms with Crippen LogP contribution in [0.25, 0.3) is 0 Å². The fourth-order valence-corrected chi connectivity index (χ4v) is 1.25. The molecule has 9 heavy (non-hydrogen) atoms. The van der Waals surface area contributed by atoms with Crippen molar-refractivity contribution in [1.82, 2.24) is 10.2 Å². The van der Waals surface area contributed by atoms with E-state index in [2.05, 4.69) is 5.10 Å². The predicted molar refractivity (Wildman–Crippen MR) is 29.9 cm³/mol. The third-order valence-corrected chi connectivity index (χ3v) is 2.14. The Kier molecular flexibility index (Phi) is 1.74. The van der Waals surface area contributed by atoms with Gasteiger partial charge < -0.3 is 4.55 Å². The summed E-state index contributed by atoms with van der Waals surface area (Å²) in [5.74, 6) is 0. The van der Waals surface area contributed by atoms with Gasteiger partial charge in [0.25, 0.3) is 0 Å². The molecule has 0 fully saturated rings. The van der Waals surface area contributed by atoms with Crippen LogP contribution in [-0.2, 0) is 11.1 Å². The van der Waals surface area contributed by atoms with Crippen molar-refractivity contribution in [2.75, 3.05) is 0 Å². The van der Waals surface area contributed by atoms with Crippen molar-refractivity contribution in [2.45, 2.75) is 4.34 Å². The molecule has 1 unspecified atom stereocenters. The number of H-pyrrole nitrogens is 1. The highest BCUT2D eigenvalue weighted by atomic mass is 32.2. The molecule has 0 saturated carbocycles. The zero-order chi connectivity index (χ0) is 6.85. The lowest BCUT2D eigenvalue weighted by Gasteiger charge is -1.93. The molecular formula is C2HN2O3S2-. The van der Waals surface area contributed by atoms with Crippen molar-refractivity contribution >= 4 is 22.4 Å². The van der Waals surface area contributed by atoms with E-state index in [4.69, 9.17) is 0 Å². The van der Waals surface area contributed by atoms with Crippen LogP contribution in [0.4, 0.5) is 0 Å². The molecule has 1 N–H and O–H groups in total. The van der Waals surface area contributed by atoms with Gasteiger partial charge in [-0.25, -0.2) is 5.10 Å². The van der Waals surface area contributed by atoms with Gasteiger partial charge in [-0.15, -0.1) is 0 Å². The van der Waals surface area contributed by atoms with Crippen LogP contribution in [0.15, 0.2) is 9.13 Å². The average molecular weight is 165 g/mol. The van der Waals surface area contributed by atoms with Gasteiger partial charge in [-0.05, 0) is 11.3 Å². The minimum atomic E-state index is -2.38. The maximum atomic E-state index is 10.2. The monoisotopic (exact) mass is 165 g/mol. The standard InChI is InChI=1S/C2H2N2O3S2/c5-1-3-4-2(8-1)9(6)7/h(H,3,5)(H,6,7)/p-1. The number of nitrogens with one attached hydrogen (secondary N) is 1. The summed E-state index contributed by atoms with van der Waals surface area (Å²) in [6.45, 7) is 0. The second-order valence-corrected chi connectivity index (χ2v) is 3.19. The molecule has 0 bridgehead atoms. The topological polar surface area (TPSA) is 85.9 Å². The summed E-state index contributed by atoms with van der Waals surface area (Å²) in [6, 6.07) is 0. The third kappa shape index (κ3) is 1.44. The van der Waals surface area contributed by atoms with E-state index in [9.17, 15) is 13.6 Å². The Labute approximate surface area is 56.0 Å². The molecule has 1 aromatic heterocycles. The van der Waals surface area contributed by atoms with Crippen molar-refractivity contribution in [3.63, 3.8) is 0 Å². The number of hydrogen-bond acceptors (Lipinski definition) is 5. The molecule has 0 aliphatic rings. The number of nitrogens with zero attached hydrogens (tertiary/aromatic N) is 1. The molecule has 7 heteroatoms. The summed E-state index contributed by atoms with van der Waals surface area (Å²) < 4.78 is 19.8. The highest BCUT2D eigenvalue weighted by molar-refractivity contribution is 7.81. The maximum Gasteiger partial charge on any atom is 0.323 e. The summed E-state index contributed by atoms with van der Waals surface area (Å²) in [5.41, 5.74) is 0. The quantitative estimate of drug-likeness (QED) is 0.544. The Bertz CT molecular complexity index is 275. The Morgan fingerprint density at radius 3 is 2.67 bits per heavy atom. The van der Waals surface area contributed by atoms with Gasteiger partial charge in [-0.2, -0.15) is 5.10 Å². The van der Waals surface area contributed by atoms with E-state index < -0.39 is 16.0 Å². The molecule has 0 spiro atoms. The van der Waals surface area contributed by atoms with Gasteiger partial charge >= 0.3 is 4.87 Å². The van der Waals surface area contributed by atoms with Gasteiger partial charge in [0.1, 0.15) is 0 Å². The van der Waals surface area contributed by atoms with Gasteiger partial charge in [0, 0.05) is 11.1 Å². The summed E-state index contributed by atoms with van der Waals surface area (Å²) in [4.78, 5) is 9.76. The Morgan fingerprint density at radius 1 is 1.78 bits per heavy atom. The fourth-order valence-electron chi connectivity index (χ4n) is 0.288. The average Bonchev–Trinajstić information content (AvgIpc) is 2.14. The molecule has 1 rings (SSSR count). The predicted octanol–water partition coefficient (Wildman–Crippen LogP) is -0.931. The highest BCUT2D eigenvalue weighted by Crippen LogP contribution is 1.98. The van der Waals surface area contributed by atoms with Crippen LogP contribution in [0, 0.1) is 0 Å². The van der Waals surface area contributed by atoms with Crippen molar-refractivity contribution in [1.29, 1.82) is 0 Å². The first-order chi connectivity index (χ1) is 4.20. The van der Waals surface area contributed by atoms with Gasteiger partial charge in [-0.3, -0.25) is 9.00 Å². The minimum absolute atomic E-state index is 0.208. The molecule has 0 aliphatic carbocycles. The molecule has 0 aromatic carbocycles. The number of rotatable bonds is 1. The lowest BCUT2D eigenvalue weighted by atomic mass is 11.5. The maximum absolute atomic E-state index is 10.2. The van der Waals surface area contributed by atoms with E-state index in [1.54, 1.807) is 0 Å². The first-order valence-electron chi connectivity index (χ1n) is 1.85. The molecule has 1 atom stereocenters. The fraction of sp³-hybridized carbons (Fsp3) is 0. The lowest BCUT2D eigenvalue weighted by molar-refractivity contribution is 0.535. The van der Waals surface area contributed by atoms with Gasteiger partial charge in [0.05, 0.1) is 0 Å². The van der Waals surface area contributed by atoms with Crippen molar-refractivity contribution in [3.05, 3.63) is 9.67 Å². The van der Waals surface area contributed by atoms with Crippen LogP contribution >= 0.6 is 11.3 Å².